The molecule has 1 aromatic heterocycles. The van der Waals surface area contributed by atoms with Gasteiger partial charge in [-0.2, -0.15) is 0 Å². The fraction of sp³-hybridized carbons (Fsp3) is 0.667. The summed E-state index contributed by atoms with van der Waals surface area (Å²) >= 11 is 3.30. The minimum absolute atomic E-state index is 0.0796. The lowest BCUT2D eigenvalue weighted by Gasteiger charge is -2.21. The highest BCUT2D eigenvalue weighted by Gasteiger charge is 2.20. The van der Waals surface area contributed by atoms with Crippen LogP contribution in [0.15, 0.2) is 9.27 Å². The number of aryl methyl sites for hydroxylation is 1. The van der Waals surface area contributed by atoms with E-state index in [9.17, 15) is 4.79 Å². The Kier molecular flexibility index (Phi) is 4.34. The van der Waals surface area contributed by atoms with E-state index in [1.54, 1.807) is 0 Å². The minimum atomic E-state index is -0.0796. The second-order valence-electron chi connectivity index (χ2n) is 4.38. The van der Waals surface area contributed by atoms with Crippen LogP contribution in [0.25, 0.3) is 0 Å². The van der Waals surface area contributed by atoms with Gasteiger partial charge in [-0.25, -0.2) is 4.98 Å². The molecular formula is C12H17BrN2O2. The Morgan fingerprint density at radius 2 is 2.41 bits per heavy atom. The van der Waals surface area contributed by atoms with Crippen molar-refractivity contribution in [2.75, 3.05) is 13.2 Å². The molecule has 0 amide bonds. The van der Waals surface area contributed by atoms with Crippen molar-refractivity contribution in [2.24, 2.45) is 0 Å². The first-order valence-electron chi connectivity index (χ1n) is 6.08. The van der Waals surface area contributed by atoms with Crippen molar-refractivity contribution in [2.45, 2.75) is 38.5 Å². The summed E-state index contributed by atoms with van der Waals surface area (Å²) in [6.07, 6.45) is 3.88. The fourth-order valence-corrected chi connectivity index (χ4v) is 2.46. The molecule has 94 valence electrons. The maximum Gasteiger partial charge on any atom is 0.265 e. The van der Waals surface area contributed by atoms with Crippen LogP contribution in [0.1, 0.15) is 43.6 Å². The van der Waals surface area contributed by atoms with Crippen LogP contribution in [0, 0.1) is 0 Å². The summed E-state index contributed by atoms with van der Waals surface area (Å²) in [5, 5.41) is 0. The van der Waals surface area contributed by atoms with E-state index in [1.165, 1.54) is 0 Å². The maximum atomic E-state index is 11.8. The number of ether oxygens (including phenoxy) is 1. The van der Waals surface area contributed by atoms with E-state index in [4.69, 9.17) is 4.74 Å². The van der Waals surface area contributed by atoms with E-state index >= 15 is 0 Å². The van der Waals surface area contributed by atoms with Crippen LogP contribution in [0.2, 0.25) is 0 Å². The van der Waals surface area contributed by atoms with Crippen LogP contribution in [-0.4, -0.2) is 23.2 Å². The predicted octanol–water partition coefficient (Wildman–Crippen LogP) is 2.38. The molecule has 0 bridgehead atoms. The van der Waals surface area contributed by atoms with E-state index in [0.29, 0.717) is 11.1 Å². The Bertz CT molecular complexity index is 439. The molecule has 1 aliphatic rings. The summed E-state index contributed by atoms with van der Waals surface area (Å²) in [6, 6.07) is 0. The zero-order valence-corrected chi connectivity index (χ0v) is 11.5. The van der Waals surface area contributed by atoms with Crippen molar-refractivity contribution >= 4 is 15.9 Å². The average Bonchev–Trinajstić information content (AvgIpc) is 2.36. The molecule has 2 rings (SSSR count). The van der Waals surface area contributed by atoms with Gasteiger partial charge in [-0.1, -0.05) is 13.3 Å². The number of nitrogens with one attached hydrogen (secondary N) is 1. The second kappa shape index (κ2) is 5.78. The highest BCUT2D eigenvalue weighted by molar-refractivity contribution is 9.10. The van der Waals surface area contributed by atoms with Crippen molar-refractivity contribution in [3.05, 3.63) is 26.3 Å². The van der Waals surface area contributed by atoms with Crippen molar-refractivity contribution in [3.8, 4) is 0 Å². The number of rotatable bonds is 3. The summed E-state index contributed by atoms with van der Waals surface area (Å²) in [5.74, 6) is 1.02. The SMILES string of the molecule is CCCc1nc(C2CCCOC2)[nH]c(=O)c1Br. The fourth-order valence-electron chi connectivity index (χ4n) is 2.08. The van der Waals surface area contributed by atoms with E-state index in [-0.39, 0.29) is 11.5 Å². The molecular weight excluding hydrogens is 284 g/mol. The van der Waals surface area contributed by atoms with Gasteiger partial charge in [0.05, 0.1) is 12.3 Å². The molecule has 1 fully saturated rings. The third kappa shape index (κ3) is 2.96. The molecule has 1 N–H and O–H groups in total. The van der Waals surface area contributed by atoms with Gasteiger partial charge in [0.2, 0.25) is 0 Å². The molecule has 0 aromatic carbocycles. The Morgan fingerprint density at radius 1 is 1.59 bits per heavy atom. The zero-order chi connectivity index (χ0) is 12.3. The van der Waals surface area contributed by atoms with Gasteiger partial charge in [0.15, 0.2) is 0 Å². The lowest BCUT2D eigenvalue weighted by Crippen LogP contribution is -2.23. The van der Waals surface area contributed by atoms with Crippen LogP contribution >= 0.6 is 15.9 Å². The largest absolute Gasteiger partial charge is 0.381 e. The van der Waals surface area contributed by atoms with E-state index in [2.05, 4.69) is 32.8 Å². The third-order valence-electron chi connectivity index (χ3n) is 2.98. The van der Waals surface area contributed by atoms with Crippen LogP contribution in [0.5, 0.6) is 0 Å². The normalized spacial score (nSPS) is 20.5. The molecule has 0 aliphatic carbocycles. The second-order valence-corrected chi connectivity index (χ2v) is 5.17. The van der Waals surface area contributed by atoms with Gasteiger partial charge < -0.3 is 9.72 Å². The molecule has 5 heteroatoms. The standard InChI is InChI=1S/C12H17BrN2O2/c1-2-4-9-10(13)12(16)15-11(14-9)8-5-3-6-17-7-8/h8H,2-7H2,1H3,(H,14,15,16). The van der Waals surface area contributed by atoms with Gasteiger partial charge in [-0.3, -0.25) is 4.79 Å². The van der Waals surface area contributed by atoms with Crippen molar-refractivity contribution < 1.29 is 4.74 Å². The van der Waals surface area contributed by atoms with Gasteiger partial charge >= 0.3 is 0 Å². The topological polar surface area (TPSA) is 55.0 Å². The first-order valence-corrected chi connectivity index (χ1v) is 6.88. The van der Waals surface area contributed by atoms with Crippen molar-refractivity contribution in [1.29, 1.82) is 0 Å². The summed E-state index contributed by atoms with van der Waals surface area (Å²) in [4.78, 5) is 19.2. The van der Waals surface area contributed by atoms with Gasteiger partial charge in [0.1, 0.15) is 10.3 Å². The lowest BCUT2D eigenvalue weighted by atomic mass is 10.0. The number of halogens is 1. The Balaban J connectivity index is 2.30. The molecule has 1 unspecified atom stereocenters. The smallest absolute Gasteiger partial charge is 0.265 e. The monoisotopic (exact) mass is 300 g/mol. The molecule has 0 radical (unpaired) electrons. The highest BCUT2D eigenvalue weighted by atomic mass is 79.9. The van der Waals surface area contributed by atoms with Gasteiger partial charge in [-0.05, 0) is 35.2 Å². The summed E-state index contributed by atoms with van der Waals surface area (Å²) in [6.45, 7) is 3.56. The quantitative estimate of drug-likeness (QED) is 0.932. The van der Waals surface area contributed by atoms with Crippen molar-refractivity contribution in [3.63, 3.8) is 0 Å². The van der Waals surface area contributed by atoms with E-state index in [0.717, 1.165) is 43.8 Å². The number of hydrogen-bond acceptors (Lipinski definition) is 3. The predicted molar refractivity (Wildman–Crippen MR) is 69.3 cm³/mol. The zero-order valence-electron chi connectivity index (χ0n) is 9.96. The molecule has 17 heavy (non-hydrogen) atoms. The Morgan fingerprint density at radius 3 is 3.06 bits per heavy atom. The first kappa shape index (κ1) is 12.8. The number of aromatic nitrogens is 2. The molecule has 0 saturated carbocycles. The minimum Gasteiger partial charge on any atom is -0.381 e. The van der Waals surface area contributed by atoms with Crippen LogP contribution in [-0.2, 0) is 11.2 Å². The number of nitrogens with zero attached hydrogens (tertiary/aromatic N) is 1. The summed E-state index contributed by atoms with van der Waals surface area (Å²) < 4.78 is 6.00. The van der Waals surface area contributed by atoms with Crippen molar-refractivity contribution in [1.82, 2.24) is 9.97 Å². The number of hydrogen-bond donors (Lipinski definition) is 1. The summed E-state index contributed by atoms with van der Waals surface area (Å²) in [7, 11) is 0. The molecule has 1 saturated heterocycles. The van der Waals surface area contributed by atoms with E-state index < -0.39 is 0 Å². The van der Waals surface area contributed by atoms with Gasteiger partial charge in [-0.15, -0.1) is 0 Å². The van der Waals surface area contributed by atoms with Crippen LogP contribution < -0.4 is 5.56 Å². The maximum absolute atomic E-state index is 11.8. The molecule has 2 heterocycles. The highest BCUT2D eigenvalue weighted by Crippen LogP contribution is 2.23. The summed E-state index contributed by atoms with van der Waals surface area (Å²) in [5.41, 5.74) is 0.779. The van der Waals surface area contributed by atoms with Gasteiger partial charge in [0, 0.05) is 12.5 Å². The Hall–Kier alpha value is -0.680. The molecule has 0 spiro atoms. The number of aromatic amines is 1. The van der Waals surface area contributed by atoms with Crippen LogP contribution in [0.3, 0.4) is 0 Å². The molecule has 1 atom stereocenters. The molecule has 4 nitrogen and oxygen atoms in total. The van der Waals surface area contributed by atoms with Crippen LogP contribution in [0.4, 0.5) is 0 Å². The molecule has 1 aromatic rings. The first-order chi connectivity index (χ1) is 8.22. The molecule has 1 aliphatic heterocycles. The lowest BCUT2D eigenvalue weighted by molar-refractivity contribution is 0.0779. The third-order valence-corrected chi connectivity index (χ3v) is 3.80. The van der Waals surface area contributed by atoms with E-state index in [1.807, 2.05) is 0 Å². The van der Waals surface area contributed by atoms with Gasteiger partial charge in [0.25, 0.3) is 5.56 Å². The average molecular weight is 301 g/mol. The number of H-pyrrole nitrogens is 1. The Labute approximate surface area is 109 Å².